The van der Waals surface area contributed by atoms with Crippen molar-refractivity contribution in [3.8, 4) is 0 Å². The van der Waals surface area contributed by atoms with E-state index in [1.807, 2.05) is 0 Å². The Morgan fingerprint density at radius 3 is 1.36 bits per heavy atom. The SMILES string of the molecule is CC1OC(COOS(=O)[O-])[C@@H](O[C@@H]2O[C@@H](OC[O-])[C@@H](O[C@H]3O[C@@H](COOS(=O)[O-])[C@@H](O)C(O)C3NS(=O)(=O)[O-])C(O)C2O)[C@H](OS(=O)(=O)[O-])[C@@H]1NS(=O)(=O)[O-].COC(=O)C1O[C@@H](O[C@H]2C(O)C(NS(=O)(=O)[O-])[C@@H](OC)O[C@H]2COOS(=O)[O-])C(OS(=O)(=O)[O-])[C@H](O)[C@H]1OC. The second-order valence-electron chi connectivity index (χ2n) is 18.7. The Hall–Kier alpha value is -1.81. The van der Waals surface area contributed by atoms with Crippen molar-refractivity contribution in [2.24, 2.45) is 0 Å². The molecule has 52 nitrogen and oxygen atoms in total. The molecule has 0 aromatic carbocycles. The lowest BCUT2D eigenvalue weighted by molar-refractivity contribution is -0.475. The summed E-state index contributed by atoms with van der Waals surface area (Å²) in [5.41, 5.74) is 0. The first-order valence-electron chi connectivity index (χ1n) is 24.6. The number of hydrogen-bond donors (Lipinski definition) is 9. The Kier molecular flexibility index (Phi) is 33.0. The maximum atomic E-state index is 12.2. The number of aliphatic hydroxyl groups is 6. The summed E-state index contributed by atoms with van der Waals surface area (Å²) in [6.45, 7) is -3.68. The van der Waals surface area contributed by atoms with Gasteiger partial charge in [-0.3, -0.25) is 8.37 Å². The summed E-state index contributed by atoms with van der Waals surface area (Å²) in [4.78, 5) is 25.4. The minimum atomic E-state index is -5.88. The van der Waals surface area contributed by atoms with Crippen molar-refractivity contribution >= 4 is 91.8 Å². The van der Waals surface area contributed by atoms with Gasteiger partial charge in [0.2, 0.25) is 20.8 Å². The van der Waals surface area contributed by atoms with Crippen LogP contribution in [0.3, 0.4) is 0 Å². The van der Waals surface area contributed by atoms with Crippen molar-refractivity contribution in [2.45, 2.75) is 160 Å². The molecule has 94 heavy (non-hydrogen) atoms. The molecule has 5 aliphatic heterocycles. The van der Waals surface area contributed by atoms with Crippen molar-refractivity contribution in [2.75, 3.05) is 47.9 Å². The zero-order valence-electron chi connectivity index (χ0n) is 46.8. The van der Waals surface area contributed by atoms with Crippen LogP contribution >= 0.6 is 0 Å². The fraction of sp³-hybridized carbons (Fsp3) is 0.971. The van der Waals surface area contributed by atoms with Crippen molar-refractivity contribution in [3.63, 3.8) is 0 Å². The number of nitrogens with one attached hydrogen (secondary N) is 3. The summed E-state index contributed by atoms with van der Waals surface area (Å²) in [5.74, 6) is -1.18. The molecule has 5 aliphatic rings. The van der Waals surface area contributed by atoms with Gasteiger partial charge in [0.25, 0.3) is 0 Å². The second kappa shape index (κ2) is 36.7. The molecule has 5 heterocycles. The molecule has 5 saturated heterocycles. The fourth-order valence-corrected chi connectivity index (χ4v) is 12.3. The molecule has 556 valence electrons. The summed E-state index contributed by atoms with van der Waals surface area (Å²) in [6.07, 6.45) is -47.0. The normalized spacial score (nSPS) is 38.1. The third-order valence-corrected chi connectivity index (χ3v) is 15.9. The summed E-state index contributed by atoms with van der Waals surface area (Å²) < 4.78 is 323. The van der Waals surface area contributed by atoms with Gasteiger partial charge in [0.1, 0.15) is 151 Å². The van der Waals surface area contributed by atoms with E-state index in [1.54, 1.807) is 0 Å². The zero-order chi connectivity index (χ0) is 71.3. The van der Waals surface area contributed by atoms with Crippen LogP contribution in [0.2, 0.25) is 0 Å². The number of aliphatic hydroxyl groups excluding tert-OH is 6. The molecule has 9 N–H and O–H groups in total. The Balaban J connectivity index is 0.000000425. The van der Waals surface area contributed by atoms with Crippen molar-refractivity contribution in [3.05, 3.63) is 0 Å². The van der Waals surface area contributed by atoms with E-state index < -0.39 is 272 Å². The predicted molar refractivity (Wildman–Crippen MR) is 262 cm³/mol. The quantitative estimate of drug-likeness (QED) is 0.00560. The third-order valence-electron chi connectivity index (χ3n) is 12.7. The number of carbonyl (C=O) groups excluding carboxylic acids is 1. The number of methoxy groups -OCH3 is 3. The Morgan fingerprint density at radius 2 is 0.904 bits per heavy atom. The minimum absolute atomic E-state index is 0.919. The number of ether oxygens (including phenoxy) is 12. The van der Waals surface area contributed by atoms with Crippen LogP contribution in [0.5, 0.6) is 0 Å². The van der Waals surface area contributed by atoms with Gasteiger partial charge in [-0.15, -0.1) is 13.0 Å². The van der Waals surface area contributed by atoms with E-state index in [1.165, 1.54) is 14.2 Å². The van der Waals surface area contributed by atoms with Gasteiger partial charge in [0.15, 0.2) is 74.6 Å². The lowest BCUT2D eigenvalue weighted by atomic mass is 9.93. The fourth-order valence-electron chi connectivity index (χ4n) is 9.07. The molecule has 28 atom stereocenters. The van der Waals surface area contributed by atoms with Gasteiger partial charge in [0.05, 0.1) is 19.3 Å². The lowest BCUT2D eigenvalue weighted by Gasteiger charge is -2.49. The van der Waals surface area contributed by atoms with E-state index in [2.05, 4.69) is 40.8 Å². The van der Waals surface area contributed by atoms with Crippen LogP contribution in [0.15, 0.2) is 0 Å². The molecular weight excluding hydrogens is 1490 g/mol. The average Bonchev–Trinajstić information content (AvgIpc) is 0.781. The Morgan fingerprint density at radius 1 is 0.457 bits per heavy atom. The summed E-state index contributed by atoms with van der Waals surface area (Å²) in [7, 11) is -25.0. The first-order valence-corrected chi connectivity index (χ1v) is 34.5. The van der Waals surface area contributed by atoms with E-state index in [0.717, 1.165) is 28.3 Å². The largest absolute Gasteiger partial charge is 0.834 e. The van der Waals surface area contributed by atoms with Crippen LogP contribution < -0.4 is 19.3 Å². The first kappa shape index (κ1) is 84.6. The van der Waals surface area contributed by atoms with Crippen LogP contribution in [0.1, 0.15) is 6.92 Å². The van der Waals surface area contributed by atoms with Gasteiger partial charge in [-0.05, 0) is 13.7 Å². The van der Waals surface area contributed by atoms with Crippen LogP contribution in [0.25, 0.3) is 0 Å². The molecule has 0 spiro atoms. The van der Waals surface area contributed by atoms with E-state index in [4.69, 9.17) is 52.1 Å². The summed E-state index contributed by atoms with van der Waals surface area (Å²) in [6, 6.07) is -6.36. The lowest BCUT2D eigenvalue weighted by Crippen LogP contribution is -2.69. The van der Waals surface area contributed by atoms with Crippen LogP contribution in [-0.2, 0) is 183 Å². The van der Waals surface area contributed by atoms with Gasteiger partial charge in [-0.2, -0.15) is 0 Å². The molecule has 0 aromatic heterocycles. The maximum Gasteiger partial charge on any atom is 0.337 e. The standard InChI is InChI=1S/C19H35N2O29S5.C15H27NO20S3/c1-5-8(20-53(31,32)33)15(48-55(37,38)39)14(7(43-5)3-42-50-52(29)30)45-18-13(26)12(25)16(19(47-18)40-4-22)46-17-9(21-54(34,35)36)11(24)10(23)6(44-17)2-41-49-51(27)28;1-28-10-8(18)11(35-39(25,26)27)15(34-12(10)13(19)29-2)33-9-5(4-31-36-37(20)21)32-14(30-3)6(7(9)17)16-38(22,23)24/h5-21,23-26H,2-4H2,1H3,(H,27,28)(H,29,30)(H,31,32,33)(H,34,35,36)(H,37,38,39);5-12,14-18H,4H2,1-3H3,(H,20,21)(H,22,23,24)(H,25,26,27)/q-1;/p-8/t5?,6-,7?,8+,9?,10+,11?,12?,13?,14+,15+,16-,17+,18+,19+;5-,6?,7?,8+,9+,10+,11?,12?,14-,15+/m00/s1. The summed E-state index contributed by atoms with van der Waals surface area (Å²) >= 11 is -9.84. The van der Waals surface area contributed by atoms with Crippen LogP contribution in [0, 0.1) is 0 Å². The van der Waals surface area contributed by atoms with E-state index in [-0.39, 0.29) is 0 Å². The Bertz CT molecular complexity index is 3070. The topological polar surface area (TPSA) is 789 Å². The number of rotatable bonds is 33. The van der Waals surface area contributed by atoms with Crippen molar-refractivity contribution < 1.29 is 225 Å². The monoisotopic (exact) mass is 1540 g/mol. The molecule has 0 bridgehead atoms. The molecule has 13 unspecified atom stereocenters. The molecule has 0 saturated carbocycles. The molecule has 0 amide bonds. The van der Waals surface area contributed by atoms with Crippen LogP contribution in [0.4, 0.5) is 0 Å². The highest BCUT2D eigenvalue weighted by Crippen LogP contribution is 2.36. The molecule has 0 aliphatic carbocycles. The number of carbonyl (C=O) groups is 1. The van der Waals surface area contributed by atoms with Gasteiger partial charge in [0, 0.05) is 14.2 Å². The molecule has 5 rings (SSSR count). The smallest absolute Gasteiger partial charge is 0.337 e. The number of hydrogen-bond acceptors (Lipinski definition) is 49. The average molecular weight is 1550 g/mol. The molecule has 0 aromatic rings. The van der Waals surface area contributed by atoms with Crippen LogP contribution in [-0.4, -0.2) is 329 Å². The van der Waals surface area contributed by atoms with Gasteiger partial charge < -0.3 is 129 Å². The maximum absolute atomic E-state index is 12.2. The van der Waals surface area contributed by atoms with Gasteiger partial charge in [-0.1, -0.05) is 0 Å². The third kappa shape index (κ3) is 26.0. The van der Waals surface area contributed by atoms with E-state index in [9.17, 15) is 132 Å². The minimum Gasteiger partial charge on any atom is -0.834 e. The molecule has 5 fully saturated rings. The summed E-state index contributed by atoms with van der Waals surface area (Å²) in [5, 5.41) is 76.1. The molecular formula is C34H54N3O49S8-9. The van der Waals surface area contributed by atoms with E-state index in [0.29, 0.717) is 0 Å². The number of esters is 1. The van der Waals surface area contributed by atoms with E-state index >= 15 is 0 Å². The Labute approximate surface area is 536 Å². The first-order chi connectivity index (χ1) is 43.3. The van der Waals surface area contributed by atoms with Crippen molar-refractivity contribution in [1.82, 2.24) is 14.2 Å². The van der Waals surface area contributed by atoms with Gasteiger partial charge >= 0.3 is 5.97 Å². The highest BCUT2D eigenvalue weighted by atomic mass is 32.3. The highest BCUT2D eigenvalue weighted by molar-refractivity contribution is 7.84. The second-order valence-corrected chi connectivity index (χ2v) is 25.7. The zero-order valence-corrected chi connectivity index (χ0v) is 53.3. The highest BCUT2D eigenvalue weighted by Gasteiger charge is 2.58. The van der Waals surface area contributed by atoms with Crippen molar-refractivity contribution in [1.29, 1.82) is 0 Å². The van der Waals surface area contributed by atoms with Gasteiger partial charge in [-0.25, -0.2) is 88.3 Å². The molecule has 60 heteroatoms. The predicted octanol–water partition coefficient (Wildman–Crippen LogP) is -15.7. The molecule has 0 radical (unpaired) electrons.